The van der Waals surface area contributed by atoms with E-state index in [0.29, 0.717) is 17.1 Å². The summed E-state index contributed by atoms with van der Waals surface area (Å²) in [7, 11) is 0. The highest BCUT2D eigenvalue weighted by atomic mass is 16.1. The fourth-order valence-corrected chi connectivity index (χ4v) is 1.53. The van der Waals surface area contributed by atoms with Crippen LogP contribution in [0.4, 0.5) is 5.95 Å². The lowest BCUT2D eigenvalue weighted by molar-refractivity contribution is 0.532. The number of nitrogens with one attached hydrogen (secondary N) is 1. The van der Waals surface area contributed by atoms with Crippen LogP contribution in [0.5, 0.6) is 0 Å². The van der Waals surface area contributed by atoms with Crippen molar-refractivity contribution in [3.05, 3.63) is 16.7 Å². The lowest BCUT2D eigenvalue weighted by Crippen LogP contribution is -2.15. The zero-order chi connectivity index (χ0) is 11.0. The lowest BCUT2D eigenvalue weighted by atomic mass is 10.2. The smallest absolute Gasteiger partial charge is 0.278 e. The first-order valence-electron chi connectivity index (χ1n) is 4.78. The van der Waals surface area contributed by atoms with Crippen molar-refractivity contribution in [2.75, 3.05) is 5.73 Å². The van der Waals surface area contributed by atoms with Crippen molar-refractivity contribution in [1.29, 1.82) is 0 Å². The maximum absolute atomic E-state index is 11.6. The van der Waals surface area contributed by atoms with Crippen molar-refractivity contribution in [3.8, 4) is 0 Å². The van der Waals surface area contributed by atoms with E-state index >= 15 is 0 Å². The SMILES string of the molecule is CC(C)Cn1cnc2nc(N)[nH]c(=O)c21. The van der Waals surface area contributed by atoms with E-state index in [1.165, 1.54) is 0 Å². The second-order valence-corrected chi connectivity index (χ2v) is 3.91. The average molecular weight is 207 g/mol. The molecule has 0 saturated carbocycles. The molecule has 0 radical (unpaired) electrons. The molecule has 0 spiro atoms. The molecule has 0 aliphatic heterocycles. The molecule has 2 aromatic heterocycles. The van der Waals surface area contributed by atoms with Gasteiger partial charge in [0.15, 0.2) is 11.2 Å². The summed E-state index contributed by atoms with van der Waals surface area (Å²) in [5, 5.41) is 0. The maximum Gasteiger partial charge on any atom is 0.278 e. The molecule has 0 aromatic carbocycles. The first kappa shape index (κ1) is 9.70. The van der Waals surface area contributed by atoms with Crippen LogP contribution in [0.3, 0.4) is 0 Å². The summed E-state index contributed by atoms with van der Waals surface area (Å²) in [4.78, 5) is 22.1. The highest BCUT2D eigenvalue weighted by Gasteiger charge is 2.09. The Bertz CT molecular complexity index is 539. The minimum atomic E-state index is -0.240. The van der Waals surface area contributed by atoms with Crippen molar-refractivity contribution >= 4 is 17.1 Å². The van der Waals surface area contributed by atoms with Gasteiger partial charge in [-0.2, -0.15) is 4.98 Å². The summed E-state index contributed by atoms with van der Waals surface area (Å²) in [5.74, 6) is 0.543. The number of H-pyrrole nitrogens is 1. The molecule has 6 nitrogen and oxygen atoms in total. The Morgan fingerprint density at radius 1 is 1.60 bits per heavy atom. The molecule has 80 valence electrons. The highest BCUT2D eigenvalue weighted by Crippen LogP contribution is 2.08. The third kappa shape index (κ3) is 1.70. The predicted molar refractivity (Wildman–Crippen MR) is 57.4 cm³/mol. The number of aromatic nitrogens is 4. The van der Waals surface area contributed by atoms with Gasteiger partial charge < -0.3 is 10.3 Å². The highest BCUT2D eigenvalue weighted by molar-refractivity contribution is 5.70. The first-order chi connectivity index (χ1) is 7.08. The minimum absolute atomic E-state index is 0.0993. The molecule has 3 N–H and O–H groups in total. The van der Waals surface area contributed by atoms with Gasteiger partial charge in [-0.1, -0.05) is 13.8 Å². The number of anilines is 1. The van der Waals surface area contributed by atoms with Gasteiger partial charge in [0, 0.05) is 6.54 Å². The van der Waals surface area contributed by atoms with Crippen LogP contribution in [0.1, 0.15) is 13.8 Å². The van der Waals surface area contributed by atoms with Gasteiger partial charge in [-0.05, 0) is 5.92 Å². The second-order valence-electron chi connectivity index (χ2n) is 3.91. The molecule has 0 saturated heterocycles. The van der Waals surface area contributed by atoms with Crippen molar-refractivity contribution in [3.63, 3.8) is 0 Å². The van der Waals surface area contributed by atoms with Crippen LogP contribution in [0.25, 0.3) is 11.2 Å². The largest absolute Gasteiger partial charge is 0.369 e. The van der Waals surface area contributed by atoms with Gasteiger partial charge in [-0.15, -0.1) is 0 Å². The Kier molecular flexibility index (Phi) is 2.18. The Labute approximate surface area is 86.2 Å². The molecule has 0 fully saturated rings. The summed E-state index contributed by atoms with van der Waals surface area (Å²) in [5.41, 5.74) is 6.06. The van der Waals surface area contributed by atoms with Crippen LogP contribution >= 0.6 is 0 Å². The van der Waals surface area contributed by atoms with Gasteiger partial charge in [-0.25, -0.2) is 4.98 Å². The van der Waals surface area contributed by atoms with Crippen molar-refractivity contribution < 1.29 is 0 Å². The van der Waals surface area contributed by atoms with Crippen molar-refractivity contribution in [2.24, 2.45) is 5.92 Å². The van der Waals surface area contributed by atoms with Gasteiger partial charge >= 0.3 is 0 Å². The molecule has 15 heavy (non-hydrogen) atoms. The minimum Gasteiger partial charge on any atom is -0.369 e. The number of nitrogen functional groups attached to an aromatic ring is 1. The van der Waals surface area contributed by atoms with Crippen LogP contribution < -0.4 is 11.3 Å². The molecule has 0 unspecified atom stereocenters. The molecule has 0 aliphatic carbocycles. The molecule has 2 heterocycles. The number of hydrogen-bond donors (Lipinski definition) is 2. The van der Waals surface area contributed by atoms with Crippen LogP contribution in [-0.4, -0.2) is 19.5 Å². The summed E-state index contributed by atoms with van der Waals surface area (Å²) in [6.07, 6.45) is 1.62. The van der Waals surface area contributed by atoms with Gasteiger partial charge in [0.05, 0.1) is 6.33 Å². The predicted octanol–water partition coefficient (Wildman–Crippen LogP) is 0.358. The Morgan fingerprint density at radius 2 is 2.33 bits per heavy atom. The second kappa shape index (κ2) is 3.38. The Morgan fingerprint density at radius 3 is 3.00 bits per heavy atom. The zero-order valence-corrected chi connectivity index (χ0v) is 8.69. The molecule has 0 amide bonds. The number of rotatable bonds is 2. The fraction of sp³-hybridized carbons (Fsp3) is 0.444. The number of hydrogen-bond acceptors (Lipinski definition) is 4. The van der Waals surface area contributed by atoms with Crippen LogP contribution in [0.2, 0.25) is 0 Å². The maximum atomic E-state index is 11.6. The van der Waals surface area contributed by atoms with Gasteiger partial charge in [0.1, 0.15) is 0 Å². The standard InChI is InChI=1S/C9H13N5O/c1-5(2)3-14-4-11-7-6(14)8(15)13-9(10)12-7/h4-5H,3H2,1-2H3,(H3,10,12,13,15). The third-order valence-corrected chi connectivity index (χ3v) is 2.06. The topological polar surface area (TPSA) is 89.6 Å². The van der Waals surface area contributed by atoms with E-state index in [9.17, 15) is 4.79 Å². The number of fused-ring (bicyclic) bond motifs is 1. The van der Waals surface area contributed by atoms with Gasteiger partial charge in [0.2, 0.25) is 5.95 Å². The summed E-state index contributed by atoms with van der Waals surface area (Å²) in [6.45, 7) is 4.89. The zero-order valence-electron chi connectivity index (χ0n) is 8.69. The van der Waals surface area contributed by atoms with Crippen molar-refractivity contribution in [1.82, 2.24) is 19.5 Å². The van der Waals surface area contributed by atoms with Crippen LogP contribution in [0.15, 0.2) is 11.1 Å². The van der Waals surface area contributed by atoms with E-state index in [0.717, 1.165) is 6.54 Å². The van der Waals surface area contributed by atoms with Crippen LogP contribution in [0, 0.1) is 5.92 Å². The Balaban J connectivity index is 2.64. The van der Waals surface area contributed by atoms with E-state index in [-0.39, 0.29) is 11.5 Å². The Hall–Kier alpha value is -1.85. The van der Waals surface area contributed by atoms with E-state index in [1.54, 1.807) is 10.9 Å². The molecule has 0 bridgehead atoms. The molecule has 6 heteroatoms. The van der Waals surface area contributed by atoms with Gasteiger partial charge in [0.25, 0.3) is 5.56 Å². The molecular weight excluding hydrogens is 194 g/mol. The molecule has 2 aromatic rings. The third-order valence-electron chi connectivity index (χ3n) is 2.06. The van der Waals surface area contributed by atoms with E-state index < -0.39 is 0 Å². The number of nitrogens with zero attached hydrogens (tertiary/aromatic N) is 3. The molecule has 2 rings (SSSR count). The fourth-order valence-electron chi connectivity index (χ4n) is 1.53. The summed E-state index contributed by atoms with van der Waals surface area (Å²) >= 11 is 0. The van der Waals surface area contributed by atoms with E-state index in [4.69, 9.17) is 5.73 Å². The van der Waals surface area contributed by atoms with Crippen LogP contribution in [-0.2, 0) is 6.54 Å². The molecular formula is C9H13N5O. The summed E-state index contributed by atoms with van der Waals surface area (Å²) in [6, 6.07) is 0. The van der Waals surface area contributed by atoms with E-state index in [1.807, 2.05) is 0 Å². The number of nitrogens with two attached hydrogens (primary N) is 1. The summed E-state index contributed by atoms with van der Waals surface area (Å²) < 4.78 is 1.80. The quantitative estimate of drug-likeness (QED) is 0.743. The van der Waals surface area contributed by atoms with E-state index in [2.05, 4.69) is 28.8 Å². The first-order valence-corrected chi connectivity index (χ1v) is 4.78. The normalized spacial score (nSPS) is 11.4. The van der Waals surface area contributed by atoms with Crippen molar-refractivity contribution in [2.45, 2.75) is 20.4 Å². The monoisotopic (exact) mass is 207 g/mol. The molecule has 0 atom stereocenters. The van der Waals surface area contributed by atoms with Gasteiger partial charge in [-0.3, -0.25) is 9.78 Å². The molecule has 0 aliphatic rings. The average Bonchev–Trinajstić information content (AvgIpc) is 2.46. The lowest BCUT2D eigenvalue weighted by Gasteiger charge is -2.05. The number of imidazole rings is 1. The number of aromatic amines is 1.